The molecular formula is C13H15ClN2O. The van der Waals surface area contributed by atoms with Crippen LogP contribution in [0.1, 0.15) is 19.8 Å². The molecule has 0 amide bonds. The van der Waals surface area contributed by atoms with Crippen LogP contribution < -0.4 is 10.1 Å². The van der Waals surface area contributed by atoms with Crippen LogP contribution in [0.4, 0.5) is 5.69 Å². The predicted octanol–water partition coefficient (Wildman–Crippen LogP) is 3.45. The van der Waals surface area contributed by atoms with Gasteiger partial charge in [0.25, 0.3) is 0 Å². The number of ether oxygens (including phenoxy) is 1. The Balaban J connectivity index is 1.98. The molecule has 0 radical (unpaired) electrons. The van der Waals surface area contributed by atoms with E-state index in [1.54, 1.807) is 0 Å². The van der Waals surface area contributed by atoms with E-state index in [1.807, 2.05) is 25.1 Å². The van der Waals surface area contributed by atoms with Gasteiger partial charge >= 0.3 is 0 Å². The molecule has 1 fully saturated rings. The van der Waals surface area contributed by atoms with Gasteiger partial charge in [-0.1, -0.05) is 11.6 Å². The molecule has 0 spiro atoms. The molecule has 0 aliphatic heterocycles. The van der Waals surface area contributed by atoms with Gasteiger partial charge < -0.3 is 10.1 Å². The van der Waals surface area contributed by atoms with Gasteiger partial charge in [-0.15, -0.1) is 0 Å². The lowest BCUT2D eigenvalue weighted by atomic mass is 10.1. The van der Waals surface area contributed by atoms with Crippen molar-refractivity contribution >= 4 is 17.3 Å². The molecule has 1 aromatic carbocycles. The Morgan fingerprint density at radius 2 is 2.29 bits per heavy atom. The maximum atomic E-state index is 8.97. The van der Waals surface area contributed by atoms with Crippen LogP contribution >= 0.6 is 11.6 Å². The van der Waals surface area contributed by atoms with Crippen LogP contribution in [0.2, 0.25) is 5.02 Å². The summed E-state index contributed by atoms with van der Waals surface area (Å²) in [5, 5.41) is 12.8. The fourth-order valence-corrected chi connectivity index (χ4v) is 1.87. The molecule has 0 atom stereocenters. The summed E-state index contributed by atoms with van der Waals surface area (Å²) in [4.78, 5) is 0. The molecule has 3 nitrogen and oxygen atoms in total. The molecule has 0 heterocycles. The lowest BCUT2D eigenvalue weighted by molar-refractivity contribution is 0.340. The highest BCUT2D eigenvalue weighted by molar-refractivity contribution is 6.32. The van der Waals surface area contributed by atoms with Crippen molar-refractivity contribution in [1.29, 1.82) is 5.26 Å². The number of halogens is 1. The summed E-state index contributed by atoms with van der Waals surface area (Å²) in [5.41, 5.74) is 0.783. The second-order valence-corrected chi connectivity index (χ2v) is 4.73. The van der Waals surface area contributed by atoms with Crippen LogP contribution in [0.25, 0.3) is 0 Å². The summed E-state index contributed by atoms with van der Waals surface area (Å²) >= 11 is 6.08. The van der Waals surface area contributed by atoms with Crippen LogP contribution in [-0.2, 0) is 0 Å². The first-order chi connectivity index (χ1) is 8.19. The minimum absolute atomic E-state index is 0.148. The number of nitrogens with zero attached hydrogens (tertiary/aromatic N) is 1. The molecule has 90 valence electrons. The molecule has 1 aliphatic rings. The number of benzene rings is 1. The topological polar surface area (TPSA) is 45.0 Å². The molecule has 4 heteroatoms. The second-order valence-electron chi connectivity index (χ2n) is 4.32. The number of nitriles is 1. The summed E-state index contributed by atoms with van der Waals surface area (Å²) in [6.45, 7) is 3.21. The Labute approximate surface area is 106 Å². The average Bonchev–Trinajstić information content (AvgIpc) is 3.11. The number of anilines is 1. The van der Waals surface area contributed by atoms with Crippen molar-refractivity contribution in [3.05, 3.63) is 23.2 Å². The molecule has 0 unspecified atom stereocenters. The normalized spacial score (nSPS) is 16.1. The Bertz CT molecular complexity index is 449. The van der Waals surface area contributed by atoms with Gasteiger partial charge in [0.15, 0.2) is 0 Å². The van der Waals surface area contributed by atoms with E-state index < -0.39 is 0 Å². The zero-order valence-electron chi connectivity index (χ0n) is 9.79. The smallest absolute Gasteiger partial charge is 0.138 e. The minimum atomic E-state index is -0.148. The van der Waals surface area contributed by atoms with Gasteiger partial charge in [-0.2, -0.15) is 5.26 Å². The Hall–Kier alpha value is -1.40. The highest BCUT2D eigenvalue weighted by Gasteiger charge is 2.42. The molecule has 0 aromatic heterocycles. The van der Waals surface area contributed by atoms with Gasteiger partial charge in [0.2, 0.25) is 0 Å². The zero-order chi connectivity index (χ0) is 12.3. The molecule has 17 heavy (non-hydrogen) atoms. The first-order valence-corrected chi connectivity index (χ1v) is 6.14. The van der Waals surface area contributed by atoms with E-state index in [0.29, 0.717) is 23.9 Å². The van der Waals surface area contributed by atoms with Gasteiger partial charge in [0.05, 0.1) is 23.1 Å². The molecule has 1 aliphatic carbocycles. The van der Waals surface area contributed by atoms with Gasteiger partial charge in [-0.3, -0.25) is 0 Å². The quantitative estimate of drug-likeness (QED) is 0.871. The summed E-state index contributed by atoms with van der Waals surface area (Å²) < 4.78 is 5.36. The third-order valence-corrected chi connectivity index (χ3v) is 3.25. The Kier molecular flexibility index (Phi) is 3.44. The molecule has 0 bridgehead atoms. The fourth-order valence-electron chi connectivity index (χ4n) is 1.63. The maximum Gasteiger partial charge on any atom is 0.138 e. The summed E-state index contributed by atoms with van der Waals surface area (Å²) in [7, 11) is 0. The van der Waals surface area contributed by atoms with E-state index in [4.69, 9.17) is 21.6 Å². The minimum Gasteiger partial charge on any atom is -0.492 e. The molecule has 2 rings (SSSR count). The van der Waals surface area contributed by atoms with E-state index >= 15 is 0 Å². The van der Waals surface area contributed by atoms with Crippen molar-refractivity contribution in [2.75, 3.05) is 18.5 Å². The van der Waals surface area contributed by atoms with E-state index in [1.165, 1.54) is 0 Å². The largest absolute Gasteiger partial charge is 0.492 e. The van der Waals surface area contributed by atoms with E-state index in [-0.39, 0.29) is 5.41 Å². The number of nitrogens with one attached hydrogen (secondary N) is 1. The Morgan fingerprint density at radius 3 is 2.82 bits per heavy atom. The van der Waals surface area contributed by atoms with Gasteiger partial charge in [0, 0.05) is 12.2 Å². The van der Waals surface area contributed by atoms with Gasteiger partial charge in [-0.05, 0) is 38.0 Å². The standard InChI is InChI=1S/C13H15ClN2O/c1-2-17-12-4-3-10(7-11(12)14)16-9-13(8-15)5-6-13/h3-4,7,16H,2,5-6,9H2,1H3. The number of rotatable bonds is 5. The van der Waals surface area contributed by atoms with E-state index in [2.05, 4.69) is 11.4 Å². The first kappa shape index (κ1) is 12.1. The van der Waals surface area contributed by atoms with Crippen molar-refractivity contribution < 1.29 is 4.74 Å². The lowest BCUT2D eigenvalue weighted by Gasteiger charge is -2.11. The van der Waals surface area contributed by atoms with Crippen molar-refractivity contribution in [3.63, 3.8) is 0 Å². The fraction of sp³-hybridized carbons (Fsp3) is 0.462. The SMILES string of the molecule is CCOc1ccc(NCC2(C#N)CC2)cc1Cl. The number of hydrogen-bond acceptors (Lipinski definition) is 3. The molecule has 1 N–H and O–H groups in total. The van der Waals surface area contributed by atoms with E-state index in [0.717, 1.165) is 18.5 Å². The first-order valence-electron chi connectivity index (χ1n) is 5.76. The third kappa shape index (κ3) is 2.83. The third-order valence-electron chi connectivity index (χ3n) is 2.95. The van der Waals surface area contributed by atoms with Crippen molar-refractivity contribution in [1.82, 2.24) is 0 Å². The van der Waals surface area contributed by atoms with Crippen LogP contribution in [-0.4, -0.2) is 13.2 Å². The van der Waals surface area contributed by atoms with Crippen LogP contribution in [0, 0.1) is 16.7 Å². The predicted molar refractivity (Wildman–Crippen MR) is 68.4 cm³/mol. The maximum absolute atomic E-state index is 8.97. The van der Waals surface area contributed by atoms with Crippen LogP contribution in [0.3, 0.4) is 0 Å². The van der Waals surface area contributed by atoms with Crippen molar-refractivity contribution in [2.24, 2.45) is 5.41 Å². The monoisotopic (exact) mass is 250 g/mol. The van der Waals surface area contributed by atoms with Crippen molar-refractivity contribution in [3.8, 4) is 11.8 Å². The second kappa shape index (κ2) is 4.85. The lowest BCUT2D eigenvalue weighted by Crippen LogP contribution is -2.13. The zero-order valence-corrected chi connectivity index (χ0v) is 10.5. The molecule has 1 saturated carbocycles. The Morgan fingerprint density at radius 1 is 1.53 bits per heavy atom. The summed E-state index contributed by atoms with van der Waals surface area (Å²) in [6.07, 6.45) is 1.97. The highest BCUT2D eigenvalue weighted by Crippen LogP contribution is 2.44. The number of hydrogen-bond donors (Lipinski definition) is 1. The van der Waals surface area contributed by atoms with Crippen molar-refractivity contribution in [2.45, 2.75) is 19.8 Å². The highest BCUT2D eigenvalue weighted by atomic mass is 35.5. The summed E-state index contributed by atoms with van der Waals surface area (Å²) in [6, 6.07) is 7.95. The van der Waals surface area contributed by atoms with E-state index in [9.17, 15) is 0 Å². The van der Waals surface area contributed by atoms with Gasteiger partial charge in [-0.25, -0.2) is 0 Å². The molecular weight excluding hydrogens is 236 g/mol. The summed E-state index contributed by atoms with van der Waals surface area (Å²) in [5.74, 6) is 0.695. The van der Waals surface area contributed by atoms with Crippen LogP contribution in [0.5, 0.6) is 5.75 Å². The molecule has 1 aromatic rings. The van der Waals surface area contributed by atoms with Gasteiger partial charge in [0.1, 0.15) is 5.75 Å². The molecule has 0 saturated heterocycles. The average molecular weight is 251 g/mol. The van der Waals surface area contributed by atoms with Crippen LogP contribution in [0.15, 0.2) is 18.2 Å².